The first-order chi connectivity index (χ1) is 15.2. The number of fused-ring (bicyclic) bond motifs is 2. The maximum Gasteiger partial charge on any atom is 0.231 e. The van der Waals surface area contributed by atoms with E-state index in [1.165, 1.54) is 0 Å². The molecule has 160 valence electrons. The number of hydrogen-bond donors (Lipinski definition) is 1. The Morgan fingerprint density at radius 2 is 1.97 bits per heavy atom. The van der Waals surface area contributed by atoms with Crippen molar-refractivity contribution in [2.24, 2.45) is 0 Å². The van der Waals surface area contributed by atoms with E-state index in [4.69, 9.17) is 23.9 Å². The molecule has 0 saturated carbocycles. The van der Waals surface area contributed by atoms with Crippen molar-refractivity contribution >= 4 is 10.9 Å². The molecule has 2 aliphatic rings. The van der Waals surface area contributed by atoms with Gasteiger partial charge in [-0.2, -0.15) is 0 Å². The third-order valence-electron chi connectivity index (χ3n) is 5.77. The Hall–Kier alpha value is -3.29. The van der Waals surface area contributed by atoms with Gasteiger partial charge < -0.3 is 24.1 Å². The third kappa shape index (κ3) is 3.45. The van der Waals surface area contributed by atoms with Gasteiger partial charge in [0.05, 0.1) is 38.1 Å². The molecule has 7 nitrogen and oxygen atoms in total. The number of aromatic nitrogens is 1. The van der Waals surface area contributed by atoms with Crippen molar-refractivity contribution in [1.29, 1.82) is 0 Å². The number of pyridine rings is 1. The predicted molar refractivity (Wildman–Crippen MR) is 117 cm³/mol. The van der Waals surface area contributed by atoms with Crippen LogP contribution in [0.25, 0.3) is 22.2 Å². The molecule has 0 fully saturated rings. The van der Waals surface area contributed by atoms with Gasteiger partial charge in [0, 0.05) is 30.1 Å². The Bertz CT molecular complexity index is 1160. The minimum absolute atomic E-state index is 0.00694. The summed E-state index contributed by atoms with van der Waals surface area (Å²) in [6.07, 6.45) is 4.12. The molecule has 3 heterocycles. The summed E-state index contributed by atoms with van der Waals surface area (Å²) in [5.41, 5.74) is 3.50. The molecule has 31 heavy (non-hydrogen) atoms. The number of methoxy groups -OCH3 is 2. The summed E-state index contributed by atoms with van der Waals surface area (Å²) >= 11 is 0. The first-order valence-corrected chi connectivity index (χ1v) is 10.2. The lowest BCUT2D eigenvalue weighted by Crippen LogP contribution is -2.32. The SMILES string of the molecule is COc1cccc(-c2nc3cc4c(cc3cc2CN2CC=C[C@@H]2CO)OCO4)c1OC. The standard InChI is InChI=1S/C24H24N2O5/c1-28-20-7-3-6-18(24(20)29-2)23-16(12-26-8-4-5-17(26)13-27)9-15-10-21-22(31-14-30-21)11-19(15)25-23/h3-7,9-11,17,27H,8,12-14H2,1-2H3/t17-/m1/s1. The van der Waals surface area contributed by atoms with Crippen LogP contribution in [-0.2, 0) is 6.54 Å². The predicted octanol–water partition coefficient (Wildman–Crippen LogP) is 3.38. The van der Waals surface area contributed by atoms with Gasteiger partial charge >= 0.3 is 0 Å². The fraction of sp³-hybridized carbons (Fsp3) is 0.292. The van der Waals surface area contributed by atoms with Crippen molar-refractivity contribution in [1.82, 2.24) is 9.88 Å². The summed E-state index contributed by atoms with van der Waals surface area (Å²) in [6, 6.07) is 11.8. The number of hydrogen-bond acceptors (Lipinski definition) is 7. The van der Waals surface area contributed by atoms with Crippen molar-refractivity contribution in [3.8, 4) is 34.3 Å². The van der Waals surface area contributed by atoms with E-state index in [9.17, 15) is 5.11 Å². The van der Waals surface area contributed by atoms with Crippen LogP contribution in [0, 0.1) is 0 Å². The highest BCUT2D eigenvalue weighted by Gasteiger charge is 2.24. The Balaban J connectivity index is 1.69. The van der Waals surface area contributed by atoms with Gasteiger partial charge in [-0.05, 0) is 29.8 Å². The number of benzene rings is 2. The van der Waals surface area contributed by atoms with Gasteiger partial charge in [-0.3, -0.25) is 4.90 Å². The number of rotatable bonds is 6. The molecule has 3 aromatic rings. The number of aliphatic hydroxyl groups excluding tert-OH is 1. The van der Waals surface area contributed by atoms with Crippen LogP contribution in [0.2, 0.25) is 0 Å². The van der Waals surface area contributed by atoms with Gasteiger partial charge in [0.1, 0.15) is 0 Å². The van der Waals surface area contributed by atoms with Crippen LogP contribution < -0.4 is 18.9 Å². The van der Waals surface area contributed by atoms with E-state index in [0.717, 1.165) is 40.0 Å². The molecule has 0 radical (unpaired) electrons. The summed E-state index contributed by atoms with van der Waals surface area (Å²) in [4.78, 5) is 7.23. The maximum absolute atomic E-state index is 9.75. The molecule has 0 aliphatic carbocycles. The second-order valence-electron chi connectivity index (χ2n) is 7.54. The van der Waals surface area contributed by atoms with Gasteiger partial charge in [0.15, 0.2) is 23.0 Å². The molecule has 1 N–H and O–H groups in total. The number of para-hydroxylation sites is 1. The monoisotopic (exact) mass is 420 g/mol. The quantitative estimate of drug-likeness (QED) is 0.613. The molecule has 0 unspecified atom stereocenters. The van der Waals surface area contributed by atoms with Gasteiger partial charge in [-0.1, -0.05) is 18.2 Å². The Labute approximate surface area is 180 Å². The molecule has 1 atom stereocenters. The molecule has 7 heteroatoms. The normalized spacial score (nSPS) is 17.5. The molecule has 1 aromatic heterocycles. The lowest BCUT2D eigenvalue weighted by Gasteiger charge is -2.24. The van der Waals surface area contributed by atoms with Crippen LogP contribution in [-0.4, -0.2) is 55.2 Å². The van der Waals surface area contributed by atoms with Crippen LogP contribution in [0.15, 0.2) is 48.6 Å². The van der Waals surface area contributed by atoms with Gasteiger partial charge in [0.25, 0.3) is 0 Å². The van der Waals surface area contributed by atoms with Gasteiger partial charge in [0.2, 0.25) is 6.79 Å². The maximum atomic E-state index is 9.75. The van der Waals surface area contributed by atoms with E-state index in [1.807, 2.05) is 36.4 Å². The van der Waals surface area contributed by atoms with Crippen molar-refractivity contribution in [3.05, 3.63) is 54.1 Å². The van der Waals surface area contributed by atoms with E-state index in [1.54, 1.807) is 14.2 Å². The minimum atomic E-state index is -0.00694. The minimum Gasteiger partial charge on any atom is -0.493 e. The smallest absolute Gasteiger partial charge is 0.231 e. The molecule has 5 rings (SSSR count). The second-order valence-corrected chi connectivity index (χ2v) is 7.54. The van der Waals surface area contributed by atoms with E-state index in [0.29, 0.717) is 23.8 Å². The van der Waals surface area contributed by atoms with Crippen molar-refractivity contribution in [2.45, 2.75) is 12.6 Å². The topological polar surface area (TPSA) is 73.3 Å². The Morgan fingerprint density at radius 3 is 2.74 bits per heavy atom. The highest BCUT2D eigenvalue weighted by atomic mass is 16.7. The van der Waals surface area contributed by atoms with E-state index >= 15 is 0 Å². The van der Waals surface area contributed by atoms with Crippen LogP contribution >= 0.6 is 0 Å². The largest absolute Gasteiger partial charge is 0.493 e. The first kappa shape index (κ1) is 19.7. The zero-order valence-electron chi connectivity index (χ0n) is 17.5. The molecule has 0 bridgehead atoms. The highest BCUT2D eigenvalue weighted by Crippen LogP contribution is 2.41. The lowest BCUT2D eigenvalue weighted by molar-refractivity contribution is 0.169. The fourth-order valence-corrected chi connectivity index (χ4v) is 4.22. The van der Waals surface area contributed by atoms with Crippen molar-refractivity contribution in [2.75, 3.05) is 34.2 Å². The molecule has 2 aromatic carbocycles. The molecule has 2 aliphatic heterocycles. The summed E-state index contributed by atoms with van der Waals surface area (Å²) in [5, 5.41) is 10.7. The lowest BCUT2D eigenvalue weighted by atomic mass is 10.0. The molecule has 0 spiro atoms. The van der Waals surface area contributed by atoms with Crippen LogP contribution in [0.3, 0.4) is 0 Å². The van der Waals surface area contributed by atoms with Crippen molar-refractivity contribution in [3.63, 3.8) is 0 Å². The average Bonchev–Trinajstić information content (AvgIpc) is 3.45. The zero-order chi connectivity index (χ0) is 21.4. The summed E-state index contributed by atoms with van der Waals surface area (Å²) < 4.78 is 22.3. The van der Waals surface area contributed by atoms with Crippen molar-refractivity contribution < 1.29 is 24.1 Å². The van der Waals surface area contributed by atoms with E-state index in [-0.39, 0.29) is 19.4 Å². The van der Waals surface area contributed by atoms with Crippen LogP contribution in [0.4, 0.5) is 0 Å². The highest BCUT2D eigenvalue weighted by molar-refractivity contribution is 5.88. The Morgan fingerprint density at radius 1 is 1.13 bits per heavy atom. The van der Waals surface area contributed by atoms with Gasteiger partial charge in [-0.25, -0.2) is 4.98 Å². The Kier molecular flexibility index (Phi) is 5.13. The fourth-order valence-electron chi connectivity index (χ4n) is 4.22. The molecule has 0 saturated heterocycles. The molecule has 0 amide bonds. The van der Waals surface area contributed by atoms with Gasteiger partial charge in [-0.15, -0.1) is 0 Å². The molecular formula is C24H24N2O5. The third-order valence-corrected chi connectivity index (χ3v) is 5.77. The zero-order valence-corrected chi connectivity index (χ0v) is 17.5. The van der Waals surface area contributed by atoms with Crippen LogP contribution in [0.5, 0.6) is 23.0 Å². The second kappa shape index (κ2) is 8.09. The van der Waals surface area contributed by atoms with E-state index < -0.39 is 0 Å². The summed E-state index contributed by atoms with van der Waals surface area (Å²) in [5.74, 6) is 2.70. The summed E-state index contributed by atoms with van der Waals surface area (Å²) in [6.45, 7) is 1.70. The number of aliphatic hydroxyl groups is 1. The molecular weight excluding hydrogens is 396 g/mol. The first-order valence-electron chi connectivity index (χ1n) is 10.2. The summed E-state index contributed by atoms with van der Waals surface area (Å²) in [7, 11) is 3.26. The van der Waals surface area contributed by atoms with E-state index in [2.05, 4.69) is 17.0 Å². The number of nitrogens with zero attached hydrogens (tertiary/aromatic N) is 2. The van der Waals surface area contributed by atoms with Crippen LogP contribution in [0.1, 0.15) is 5.56 Å². The number of ether oxygens (including phenoxy) is 4. The average molecular weight is 420 g/mol.